The van der Waals surface area contributed by atoms with Gasteiger partial charge in [-0.2, -0.15) is 0 Å². The Morgan fingerprint density at radius 2 is 2.10 bits per heavy atom. The van der Waals surface area contributed by atoms with Crippen LogP contribution in [-0.2, 0) is 5.54 Å². The van der Waals surface area contributed by atoms with Gasteiger partial charge in [-0.25, -0.2) is 0 Å². The lowest BCUT2D eigenvalue weighted by atomic mass is 10.0. The van der Waals surface area contributed by atoms with Crippen molar-refractivity contribution >= 4 is 28.9 Å². The first-order valence-electron chi connectivity index (χ1n) is 7.25. The van der Waals surface area contributed by atoms with E-state index in [0.29, 0.717) is 11.0 Å². The fraction of sp³-hybridized carbons (Fsp3) is 0.562. The molecule has 116 valence electrons. The summed E-state index contributed by atoms with van der Waals surface area (Å²) < 4.78 is 0. The predicted molar refractivity (Wildman–Crippen MR) is 91.6 cm³/mol. The molecule has 1 aromatic carbocycles. The summed E-state index contributed by atoms with van der Waals surface area (Å²) in [7, 11) is 0. The molecular formula is C16H23ClN2OS. The van der Waals surface area contributed by atoms with Crippen LogP contribution in [0.15, 0.2) is 24.3 Å². The number of aliphatic hydroxyl groups excluding tert-OH is 1. The Morgan fingerprint density at radius 1 is 1.43 bits per heavy atom. The maximum absolute atomic E-state index is 9.24. The molecule has 5 heteroatoms. The molecule has 1 aliphatic rings. The smallest absolute Gasteiger partial charge is 0.167 e. The third-order valence-corrected chi connectivity index (χ3v) is 4.30. The van der Waals surface area contributed by atoms with Gasteiger partial charge in [0, 0.05) is 17.2 Å². The van der Waals surface area contributed by atoms with Gasteiger partial charge in [0.2, 0.25) is 0 Å². The van der Waals surface area contributed by atoms with E-state index in [1.54, 1.807) is 0 Å². The van der Waals surface area contributed by atoms with Crippen LogP contribution in [-0.4, -0.2) is 22.4 Å². The molecule has 0 unspecified atom stereocenters. The Kier molecular flexibility index (Phi) is 4.81. The van der Waals surface area contributed by atoms with Gasteiger partial charge in [0.25, 0.3) is 0 Å². The van der Waals surface area contributed by atoms with Crippen molar-refractivity contribution in [2.75, 3.05) is 6.61 Å². The Bertz CT molecular complexity index is 529. The summed E-state index contributed by atoms with van der Waals surface area (Å²) in [6.45, 7) is 6.39. The monoisotopic (exact) mass is 326 g/mol. The van der Waals surface area contributed by atoms with Gasteiger partial charge >= 0.3 is 0 Å². The molecule has 0 saturated heterocycles. The van der Waals surface area contributed by atoms with Crippen molar-refractivity contribution in [1.82, 2.24) is 10.6 Å². The molecule has 0 heterocycles. The first kappa shape index (κ1) is 16.5. The van der Waals surface area contributed by atoms with Crippen LogP contribution < -0.4 is 10.6 Å². The van der Waals surface area contributed by atoms with E-state index in [1.807, 2.05) is 24.3 Å². The number of hydrogen-bond donors (Lipinski definition) is 3. The highest BCUT2D eigenvalue weighted by atomic mass is 35.5. The summed E-state index contributed by atoms with van der Waals surface area (Å²) >= 11 is 11.8. The van der Waals surface area contributed by atoms with E-state index in [4.69, 9.17) is 23.8 Å². The third kappa shape index (κ3) is 3.87. The van der Waals surface area contributed by atoms with E-state index in [-0.39, 0.29) is 17.7 Å². The van der Waals surface area contributed by atoms with E-state index in [0.717, 1.165) is 23.4 Å². The van der Waals surface area contributed by atoms with Gasteiger partial charge in [-0.3, -0.25) is 0 Å². The van der Waals surface area contributed by atoms with Gasteiger partial charge in [-0.1, -0.05) is 29.8 Å². The van der Waals surface area contributed by atoms with Gasteiger partial charge in [0.1, 0.15) is 0 Å². The highest BCUT2D eigenvalue weighted by Crippen LogP contribution is 2.55. The highest BCUT2D eigenvalue weighted by Gasteiger charge is 2.56. The molecular weight excluding hydrogens is 304 g/mol. The summed E-state index contributed by atoms with van der Waals surface area (Å²) in [6, 6.07) is 7.84. The Morgan fingerprint density at radius 3 is 2.67 bits per heavy atom. The maximum Gasteiger partial charge on any atom is 0.167 e. The van der Waals surface area contributed by atoms with Crippen molar-refractivity contribution in [3.63, 3.8) is 0 Å². The Hall–Kier alpha value is -0.840. The molecule has 0 bridgehead atoms. The Labute approximate surface area is 137 Å². The molecule has 0 spiro atoms. The zero-order valence-electron chi connectivity index (χ0n) is 12.7. The third-order valence-electron chi connectivity index (χ3n) is 3.76. The maximum atomic E-state index is 9.24. The van der Waals surface area contributed by atoms with Crippen LogP contribution in [0.3, 0.4) is 0 Å². The lowest BCUT2D eigenvalue weighted by molar-refractivity contribution is 0.273. The molecule has 0 amide bonds. The van der Waals surface area contributed by atoms with Crippen LogP contribution in [0.5, 0.6) is 0 Å². The normalized spacial score (nSPS) is 24.5. The number of rotatable bonds is 4. The summed E-state index contributed by atoms with van der Waals surface area (Å²) in [4.78, 5) is 0. The number of aliphatic hydroxyl groups is 1. The molecule has 0 aromatic heterocycles. The van der Waals surface area contributed by atoms with Gasteiger partial charge in [-0.15, -0.1) is 0 Å². The average Bonchev–Trinajstić information content (AvgIpc) is 3.01. The lowest BCUT2D eigenvalue weighted by Crippen LogP contribution is -2.50. The summed E-state index contributed by atoms with van der Waals surface area (Å²) in [5.74, 6) is 0.349. The van der Waals surface area contributed by atoms with Crippen LogP contribution in [0.4, 0.5) is 0 Å². The number of nitrogens with one attached hydrogen (secondary N) is 2. The average molecular weight is 327 g/mol. The van der Waals surface area contributed by atoms with Crippen molar-refractivity contribution in [2.45, 2.75) is 44.7 Å². The van der Waals surface area contributed by atoms with Gasteiger partial charge in [0.05, 0.1) is 5.54 Å². The minimum atomic E-state index is -0.254. The van der Waals surface area contributed by atoms with E-state index in [2.05, 4.69) is 31.4 Å². The molecule has 0 radical (unpaired) electrons. The standard InChI is InChI=1S/C16H23ClN2OS/c1-15(2,3)18-14(21)19-16(10-11(16)8-9-20)12-6-4-5-7-13(12)17/h4-7,11,20H,8-10H2,1-3H3,(H2,18,19,21)/t11-,16+/m0/s1. The molecule has 1 saturated carbocycles. The van der Waals surface area contributed by atoms with Crippen molar-refractivity contribution in [2.24, 2.45) is 5.92 Å². The quantitative estimate of drug-likeness (QED) is 0.743. The second-order valence-corrected chi connectivity index (χ2v) is 7.51. The van der Waals surface area contributed by atoms with E-state index >= 15 is 0 Å². The first-order chi connectivity index (χ1) is 9.78. The van der Waals surface area contributed by atoms with E-state index < -0.39 is 0 Å². The number of benzene rings is 1. The molecule has 3 N–H and O–H groups in total. The predicted octanol–water partition coefficient (Wildman–Crippen LogP) is 3.20. The lowest BCUT2D eigenvalue weighted by Gasteiger charge is -2.28. The molecule has 3 nitrogen and oxygen atoms in total. The fourth-order valence-corrected chi connectivity index (χ4v) is 3.57. The molecule has 1 fully saturated rings. The fourth-order valence-electron chi connectivity index (χ4n) is 2.78. The van der Waals surface area contributed by atoms with Gasteiger partial charge in [-0.05, 0) is 63.4 Å². The molecule has 1 aliphatic carbocycles. The highest BCUT2D eigenvalue weighted by molar-refractivity contribution is 7.80. The number of hydrogen-bond acceptors (Lipinski definition) is 2. The van der Waals surface area contributed by atoms with E-state index in [9.17, 15) is 5.11 Å². The van der Waals surface area contributed by atoms with Gasteiger partial charge < -0.3 is 15.7 Å². The van der Waals surface area contributed by atoms with Crippen molar-refractivity contribution < 1.29 is 5.11 Å². The zero-order valence-corrected chi connectivity index (χ0v) is 14.3. The SMILES string of the molecule is CC(C)(C)NC(=S)N[C@]1(c2ccccc2Cl)C[C@@H]1CCO. The molecule has 1 aromatic rings. The first-order valence-corrected chi connectivity index (χ1v) is 8.03. The molecule has 0 aliphatic heterocycles. The van der Waals surface area contributed by atoms with Crippen LogP contribution in [0, 0.1) is 5.92 Å². The van der Waals surface area contributed by atoms with Crippen molar-refractivity contribution in [1.29, 1.82) is 0 Å². The van der Waals surface area contributed by atoms with Crippen LogP contribution in [0.2, 0.25) is 5.02 Å². The largest absolute Gasteiger partial charge is 0.396 e. The minimum absolute atomic E-state index is 0.0902. The van der Waals surface area contributed by atoms with Gasteiger partial charge in [0.15, 0.2) is 5.11 Å². The second-order valence-electron chi connectivity index (χ2n) is 6.69. The van der Waals surface area contributed by atoms with Crippen molar-refractivity contribution in [3.8, 4) is 0 Å². The van der Waals surface area contributed by atoms with Crippen LogP contribution >= 0.6 is 23.8 Å². The van der Waals surface area contributed by atoms with Crippen molar-refractivity contribution in [3.05, 3.63) is 34.9 Å². The summed E-state index contributed by atoms with van der Waals surface area (Å²) in [5, 5.41) is 17.3. The summed E-state index contributed by atoms with van der Waals surface area (Å²) in [5.41, 5.74) is 0.715. The minimum Gasteiger partial charge on any atom is -0.396 e. The molecule has 2 atom stereocenters. The number of halogens is 1. The zero-order chi connectivity index (χ0) is 15.7. The second kappa shape index (κ2) is 6.11. The number of thiocarbonyl (C=S) groups is 1. The molecule has 21 heavy (non-hydrogen) atoms. The summed E-state index contributed by atoms with van der Waals surface area (Å²) in [6.07, 6.45) is 1.68. The van der Waals surface area contributed by atoms with Crippen LogP contribution in [0.1, 0.15) is 39.2 Å². The van der Waals surface area contributed by atoms with E-state index in [1.165, 1.54) is 0 Å². The Balaban J connectivity index is 2.21. The molecule has 2 rings (SSSR count). The topological polar surface area (TPSA) is 44.3 Å². The van der Waals surface area contributed by atoms with Crippen LogP contribution in [0.25, 0.3) is 0 Å².